The van der Waals surface area contributed by atoms with Crippen molar-refractivity contribution in [1.82, 2.24) is 15.1 Å². The van der Waals surface area contributed by atoms with Gasteiger partial charge in [-0.05, 0) is 32.8 Å². The third-order valence-electron chi connectivity index (χ3n) is 4.04. The molecule has 1 aromatic heterocycles. The van der Waals surface area contributed by atoms with Crippen LogP contribution in [-0.2, 0) is 14.3 Å². The van der Waals surface area contributed by atoms with Gasteiger partial charge in [-0.25, -0.2) is 4.79 Å². The van der Waals surface area contributed by atoms with Crippen molar-refractivity contribution in [2.75, 3.05) is 6.61 Å². The summed E-state index contributed by atoms with van der Waals surface area (Å²) in [4.78, 5) is 24.7. The molecule has 1 heterocycles. The van der Waals surface area contributed by atoms with Gasteiger partial charge in [0, 0.05) is 12.4 Å². The van der Waals surface area contributed by atoms with Gasteiger partial charge in [0.2, 0.25) is 5.91 Å². The van der Waals surface area contributed by atoms with Crippen molar-refractivity contribution in [1.29, 1.82) is 0 Å². The lowest BCUT2D eigenvalue weighted by Crippen LogP contribution is -2.57. The summed E-state index contributed by atoms with van der Waals surface area (Å²) in [6.07, 6.45) is 7.59. The Hall–Kier alpha value is -1.85. The van der Waals surface area contributed by atoms with Gasteiger partial charge in [-0.15, -0.1) is 0 Å². The summed E-state index contributed by atoms with van der Waals surface area (Å²) in [5, 5.41) is 7.00. The van der Waals surface area contributed by atoms with Gasteiger partial charge in [-0.1, -0.05) is 19.3 Å². The number of nitrogens with zero attached hydrogens (tertiary/aromatic N) is 2. The number of nitrogens with one attached hydrogen (secondary N) is 1. The summed E-state index contributed by atoms with van der Waals surface area (Å²) < 4.78 is 6.76. The number of amides is 1. The van der Waals surface area contributed by atoms with Gasteiger partial charge >= 0.3 is 5.97 Å². The first-order valence-electron chi connectivity index (χ1n) is 7.57. The molecule has 0 aliphatic heterocycles. The Balaban J connectivity index is 2.11. The molecule has 0 saturated heterocycles. The van der Waals surface area contributed by atoms with Crippen molar-refractivity contribution in [3.63, 3.8) is 0 Å². The van der Waals surface area contributed by atoms with Crippen LogP contribution in [0.1, 0.15) is 52.0 Å². The van der Waals surface area contributed by atoms with Crippen LogP contribution in [0.5, 0.6) is 0 Å². The molecule has 1 fully saturated rings. The van der Waals surface area contributed by atoms with E-state index in [2.05, 4.69) is 10.4 Å². The second-order valence-corrected chi connectivity index (χ2v) is 5.51. The van der Waals surface area contributed by atoms with Crippen LogP contribution in [0, 0.1) is 0 Å². The van der Waals surface area contributed by atoms with Crippen molar-refractivity contribution in [3.8, 4) is 0 Å². The largest absolute Gasteiger partial charge is 0.464 e. The number of carbonyl (C=O) groups is 2. The average molecular weight is 293 g/mol. The predicted octanol–water partition coefficient (Wildman–Crippen LogP) is 1.83. The Morgan fingerprint density at radius 2 is 2.10 bits per heavy atom. The molecule has 0 radical (unpaired) electrons. The first-order chi connectivity index (χ1) is 10.1. The molecule has 0 spiro atoms. The number of hydrogen-bond donors (Lipinski definition) is 1. The van der Waals surface area contributed by atoms with E-state index in [0.717, 1.165) is 19.3 Å². The molecule has 1 aromatic rings. The lowest BCUT2D eigenvalue weighted by Gasteiger charge is -2.36. The quantitative estimate of drug-likeness (QED) is 0.841. The lowest BCUT2D eigenvalue weighted by molar-refractivity contribution is -0.155. The smallest absolute Gasteiger partial charge is 0.331 e. The molecule has 6 nitrogen and oxygen atoms in total. The fourth-order valence-corrected chi connectivity index (χ4v) is 2.77. The molecule has 1 amide bonds. The van der Waals surface area contributed by atoms with E-state index < -0.39 is 11.6 Å². The second kappa shape index (κ2) is 6.74. The van der Waals surface area contributed by atoms with Crippen LogP contribution in [0.15, 0.2) is 18.5 Å². The second-order valence-electron chi connectivity index (χ2n) is 5.51. The summed E-state index contributed by atoms with van der Waals surface area (Å²) in [6, 6.07) is 1.32. The van der Waals surface area contributed by atoms with Crippen molar-refractivity contribution in [2.45, 2.75) is 57.5 Å². The number of ether oxygens (including phenoxy) is 1. The molecular formula is C15H23N3O3. The van der Waals surface area contributed by atoms with E-state index in [1.54, 1.807) is 37.0 Å². The number of aromatic nitrogens is 2. The minimum Gasteiger partial charge on any atom is -0.464 e. The molecule has 0 bridgehead atoms. The highest BCUT2D eigenvalue weighted by atomic mass is 16.5. The zero-order valence-electron chi connectivity index (χ0n) is 12.7. The minimum atomic E-state index is -0.868. The van der Waals surface area contributed by atoms with Gasteiger partial charge in [0.15, 0.2) is 0 Å². The first kappa shape index (κ1) is 15.5. The van der Waals surface area contributed by atoms with Crippen LogP contribution >= 0.6 is 0 Å². The number of rotatable bonds is 5. The van der Waals surface area contributed by atoms with Crippen molar-refractivity contribution < 1.29 is 14.3 Å². The summed E-state index contributed by atoms with van der Waals surface area (Å²) in [7, 11) is 0. The zero-order chi connectivity index (χ0) is 15.3. The molecule has 0 unspecified atom stereocenters. The van der Waals surface area contributed by atoms with E-state index in [4.69, 9.17) is 4.74 Å². The van der Waals surface area contributed by atoms with Crippen molar-refractivity contribution in [2.24, 2.45) is 0 Å². The molecule has 1 aliphatic carbocycles. The third kappa shape index (κ3) is 3.43. The van der Waals surface area contributed by atoms with E-state index in [0.29, 0.717) is 19.4 Å². The SMILES string of the molecule is CCOC(=O)C1(NC(=O)[C@@H](C)n2cccn2)CCCCC1. The van der Waals surface area contributed by atoms with Gasteiger partial charge in [0.05, 0.1) is 6.61 Å². The third-order valence-corrected chi connectivity index (χ3v) is 4.04. The summed E-state index contributed by atoms with van der Waals surface area (Å²) >= 11 is 0. The molecule has 1 atom stereocenters. The van der Waals surface area contributed by atoms with Crippen LogP contribution in [0.4, 0.5) is 0 Å². The maximum Gasteiger partial charge on any atom is 0.331 e. The molecule has 0 aromatic carbocycles. The Bertz CT molecular complexity index is 478. The summed E-state index contributed by atoms with van der Waals surface area (Å²) in [5.74, 6) is -0.514. The van der Waals surface area contributed by atoms with Gasteiger partial charge < -0.3 is 10.1 Å². The molecule has 21 heavy (non-hydrogen) atoms. The van der Waals surface area contributed by atoms with Crippen molar-refractivity contribution >= 4 is 11.9 Å². The van der Waals surface area contributed by atoms with Crippen LogP contribution in [0.2, 0.25) is 0 Å². The van der Waals surface area contributed by atoms with Gasteiger partial charge in [0.1, 0.15) is 11.6 Å². The topological polar surface area (TPSA) is 73.2 Å². The number of hydrogen-bond acceptors (Lipinski definition) is 4. The molecule has 1 aliphatic rings. The van der Waals surface area contributed by atoms with Crippen LogP contribution in [0.3, 0.4) is 0 Å². The molecule has 2 rings (SSSR count). The first-order valence-corrected chi connectivity index (χ1v) is 7.57. The monoisotopic (exact) mass is 293 g/mol. The highest BCUT2D eigenvalue weighted by Gasteiger charge is 2.43. The van der Waals surface area contributed by atoms with E-state index in [-0.39, 0.29) is 11.9 Å². The Kier molecular flexibility index (Phi) is 4.98. The van der Waals surface area contributed by atoms with Gasteiger partial charge in [-0.2, -0.15) is 5.10 Å². The van der Waals surface area contributed by atoms with E-state index in [1.165, 1.54) is 0 Å². The Labute approximate surface area is 124 Å². The van der Waals surface area contributed by atoms with Crippen LogP contribution in [0.25, 0.3) is 0 Å². The number of esters is 1. The molecule has 6 heteroatoms. The highest BCUT2D eigenvalue weighted by molar-refractivity contribution is 5.89. The summed E-state index contributed by atoms with van der Waals surface area (Å²) in [6.45, 7) is 3.87. The predicted molar refractivity (Wildman–Crippen MR) is 77.5 cm³/mol. The Morgan fingerprint density at radius 1 is 1.38 bits per heavy atom. The molecular weight excluding hydrogens is 270 g/mol. The van der Waals surface area contributed by atoms with E-state index >= 15 is 0 Å². The van der Waals surface area contributed by atoms with Gasteiger partial charge in [0.25, 0.3) is 0 Å². The fourth-order valence-electron chi connectivity index (χ4n) is 2.77. The Morgan fingerprint density at radius 3 is 2.67 bits per heavy atom. The standard InChI is InChI=1S/C15H23N3O3/c1-3-21-14(20)15(8-5-4-6-9-15)17-13(19)12(2)18-11-7-10-16-18/h7,10-12H,3-6,8-9H2,1-2H3,(H,17,19)/t12-/m1/s1. The van der Waals surface area contributed by atoms with Gasteiger partial charge in [-0.3, -0.25) is 9.48 Å². The molecule has 1 N–H and O–H groups in total. The van der Waals surface area contributed by atoms with E-state index in [1.807, 2.05) is 0 Å². The summed E-state index contributed by atoms with van der Waals surface area (Å²) in [5.41, 5.74) is -0.868. The maximum absolute atomic E-state index is 12.4. The molecule has 1 saturated carbocycles. The van der Waals surface area contributed by atoms with Crippen molar-refractivity contribution in [3.05, 3.63) is 18.5 Å². The van der Waals surface area contributed by atoms with Crippen LogP contribution in [-0.4, -0.2) is 33.8 Å². The highest BCUT2D eigenvalue weighted by Crippen LogP contribution is 2.30. The van der Waals surface area contributed by atoms with E-state index in [9.17, 15) is 9.59 Å². The fraction of sp³-hybridized carbons (Fsp3) is 0.667. The average Bonchev–Trinajstić information content (AvgIpc) is 3.01. The zero-order valence-corrected chi connectivity index (χ0v) is 12.7. The maximum atomic E-state index is 12.4. The lowest BCUT2D eigenvalue weighted by atomic mass is 9.81. The minimum absolute atomic E-state index is 0.200. The van der Waals surface area contributed by atoms with Crippen LogP contribution < -0.4 is 5.32 Å². The normalized spacial score (nSPS) is 18.8. The molecule has 116 valence electrons. The number of carbonyl (C=O) groups excluding carboxylic acids is 2.